The van der Waals surface area contributed by atoms with Crippen molar-refractivity contribution in [3.63, 3.8) is 0 Å². The van der Waals surface area contributed by atoms with E-state index in [9.17, 15) is 4.79 Å². The average Bonchev–Trinajstić information content (AvgIpc) is 2.56. The van der Waals surface area contributed by atoms with Gasteiger partial charge in [0.05, 0.1) is 12.6 Å². The van der Waals surface area contributed by atoms with Gasteiger partial charge in [0, 0.05) is 39.3 Å². The van der Waals surface area contributed by atoms with Gasteiger partial charge in [0.1, 0.15) is 0 Å². The molecule has 0 unspecified atom stereocenters. The highest BCUT2D eigenvalue weighted by atomic mass is 16.2. The molecule has 0 bridgehead atoms. The lowest BCUT2D eigenvalue weighted by Gasteiger charge is -2.35. The summed E-state index contributed by atoms with van der Waals surface area (Å²) in [7, 11) is 2.17. The number of likely N-dealkylation sites (N-methyl/N-ethyl adjacent to an activating group) is 1. The first-order chi connectivity index (χ1) is 11.1. The number of nitrogens with zero attached hydrogens (tertiary/aromatic N) is 3. The predicted octanol–water partition coefficient (Wildman–Crippen LogP) is 0.474. The summed E-state index contributed by atoms with van der Waals surface area (Å²) in [5.74, 6) is 3.32. The molecule has 1 N–H and O–H groups in total. The van der Waals surface area contributed by atoms with Crippen LogP contribution >= 0.6 is 0 Å². The van der Waals surface area contributed by atoms with Gasteiger partial charge in [-0.1, -0.05) is 19.3 Å². The molecular weight excluding hydrogens is 288 g/mol. The number of carbonyl (C=O) groups is 1. The van der Waals surface area contributed by atoms with E-state index in [0.29, 0.717) is 12.5 Å². The molecule has 2 aliphatic heterocycles. The maximum absolute atomic E-state index is 12.5. The number of hydrogen-bond acceptors (Lipinski definition) is 4. The number of hydrogen-bond donors (Lipinski definition) is 1. The van der Waals surface area contributed by atoms with Crippen molar-refractivity contribution in [3.05, 3.63) is 0 Å². The first kappa shape index (κ1) is 18.3. The maximum atomic E-state index is 12.5. The fourth-order valence-electron chi connectivity index (χ4n) is 3.52. The van der Waals surface area contributed by atoms with Gasteiger partial charge in [0.2, 0.25) is 5.91 Å². The van der Waals surface area contributed by atoms with Gasteiger partial charge in [-0.25, -0.2) is 0 Å². The van der Waals surface area contributed by atoms with Gasteiger partial charge in [-0.05, 0) is 32.4 Å². The molecule has 0 aromatic heterocycles. The van der Waals surface area contributed by atoms with E-state index in [1.807, 2.05) is 0 Å². The van der Waals surface area contributed by atoms with Crippen molar-refractivity contribution >= 4 is 5.91 Å². The molecule has 0 radical (unpaired) electrons. The van der Waals surface area contributed by atoms with Gasteiger partial charge in [0.25, 0.3) is 0 Å². The zero-order chi connectivity index (χ0) is 16.7. The van der Waals surface area contributed by atoms with Crippen molar-refractivity contribution in [3.8, 4) is 12.3 Å². The van der Waals surface area contributed by atoms with Crippen LogP contribution in [0.25, 0.3) is 0 Å². The molecule has 5 nitrogen and oxygen atoms in total. The Morgan fingerprint density at radius 3 is 2.70 bits per heavy atom. The van der Waals surface area contributed by atoms with Crippen LogP contribution in [-0.2, 0) is 4.79 Å². The highest BCUT2D eigenvalue weighted by Gasteiger charge is 2.28. The third-order valence-electron chi connectivity index (χ3n) is 5.00. The van der Waals surface area contributed by atoms with Crippen molar-refractivity contribution in [2.45, 2.75) is 32.2 Å². The summed E-state index contributed by atoms with van der Waals surface area (Å²) in [5, 5.41) is 3.15. The van der Waals surface area contributed by atoms with Crippen LogP contribution in [0.3, 0.4) is 0 Å². The molecule has 2 fully saturated rings. The molecule has 2 saturated heterocycles. The van der Waals surface area contributed by atoms with Gasteiger partial charge < -0.3 is 15.1 Å². The fourth-order valence-corrected chi connectivity index (χ4v) is 3.52. The number of terminal acetylenes is 1. The van der Waals surface area contributed by atoms with E-state index in [-0.39, 0.29) is 11.9 Å². The summed E-state index contributed by atoms with van der Waals surface area (Å²) < 4.78 is 0. The molecule has 0 aliphatic carbocycles. The van der Waals surface area contributed by atoms with Crippen molar-refractivity contribution < 1.29 is 4.79 Å². The van der Waals surface area contributed by atoms with Crippen molar-refractivity contribution in [2.24, 2.45) is 5.92 Å². The third kappa shape index (κ3) is 5.80. The molecule has 23 heavy (non-hydrogen) atoms. The Balaban J connectivity index is 1.71. The number of nitrogens with one attached hydrogen (secondary N) is 1. The zero-order valence-electron chi connectivity index (χ0n) is 14.8. The summed E-state index contributed by atoms with van der Waals surface area (Å²) in [6.45, 7) is 10.1. The maximum Gasteiger partial charge on any atom is 0.237 e. The van der Waals surface area contributed by atoms with Gasteiger partial charge in [-0.3, -0.25) is 9.69 Å². The quantitative estimate of drug-likeness (QED) is 0.722. The molecule has 2 aliphatic rings. The lowest BCUT2D eigenvalue weighted by atomic mass is 10.0. The number of likely N-dealkylation sites (tertiary alicyclic amines) is 1. The highest BCUT2D eigenvalue weighted by molar-refractivity contribution is 5.81. The minimum Gasteiger partial charge on any atom is -0.354 e. The van der Waals surface area contributed by atoms with Gasteiger partial charge in [-0.2, -0.15) is 0 Å². The smallest absolute Gasteiger partial charge is 0.237 e. The number of piperazine rings is 1. The SMILES string of the molecule is C#CCN1CCCC[C@H]1C(=O)NC[C@H](C)CN1CCN(C)CC1. The topological polar surface area (TPSA) is 38.8 Å². The normalized spacial score (nSPS) is 25.7. The van der Waals surface area contributed by atoms with Crippen molar-refractivity contribution in [2.75, 3.05) is 59.4 Å². The number of amides is 1. The van der Waals surface area contributed by atoms with Crippen LogP contribution in [-0.4, -0.2) is 86.1 Å². The predicted molar refractivity (Wildman–Crippen MR) is 94.2 cm³/mol. The average molecular weight is 320 g/mol. The van der Waals surface area contributed by atoms with Crippen LogP contribution in [0.5, 0.6) is 0 Å². The molecule has 2 heterocycles. The van der Waals surface area contributed by atoms with E-state index in [2.05, 4.69) is 39.9 Å². The monoisotopic (exact) mass is 320 g/mol. The number of carbonyl (C=O) groups excluding carboxylic acids is 1. The number of rotatable bonds is 6. The van der Waals surface area contributed by atoms with E-state index in [1.165, 1.54) is 0 Å². The molecule has 5 heteroatoms. The second-order valence-electron chi connectivity index (χ2n) is 7.14. The summed E-state index contributed by atoms with van der Waals surface area (Å²) in [4.78, 5) is 19.5. The fraction of sp³-hybridized carbons (Fsp3) is 0.833. The second-order valence-corrected chi connectivity index (χ2v) is 7.14. The summed E-state index contributed by atoms with van der Waals surface area (Å²) in [6, 6.07) is -0.0318. The Labute approximate surface area is 141 Å². The Kier molecular flexibility index (Phi) is 7.35. The van der Waals surface area contributed by atoms with Crippen LogP contribution in [0.15, 0.2) is 0 Å². The largest absolute Gasteiger partial charge is 0.354 e. The molecule has 0 saturated carbocycles. The lowest BCUT2D eigenvalue weighted by Crippen LogP contribution is -2.51. The van der Waals surface area contributed by atoms with Crippen LogP contribution in [0.1, 0.15) is 26.2 Å². The standard InChI is InChI=1S/C18H32N4O/c1-4-8-22-9-6-5-7-17(22)18(23)19-14-16(2)15-21-12-10-20(3)11-13-21/h1,16-17H,5-15H2,2-3H3,(H,19,23)/t16-,17-/m0/s1. The molecule has 0 aromatic carbocycles. The van der Waals surface area contributed by atoms with Gasteiger partial charge >= 0.3 is 0 Å². The minimum absolute atomic E-state index is 0.0318. The van der Waals surface area contributed by atoms with E-state index in [4.69, 9.17) is 6.42 Å². The van der Waals surface area contributed by atoms with E-state index < -0.39 is 0 Å². The van der Waals surface area contributed by atoms with E-state index in [0.717, 1.165) is 65.1 Å². The first-order valence-electron chi connectivity index (χ1n) is 8.96. The summed E-state index contributed by atoms with van der Waals surface area (Å²) in [5.41, 5.74) is 0. The Hall–Kier alpha value is -1.09. The molecule has 0 aromatic rings. The molecular formula is C18H32N4O. The molecule has 2 rings (SSSR count). The zero-order valence-corrected chi connectivity index (χ0v) is 14.8. The first-order valence-corrected chi connectivity index (χ1v) is 8.96. The van der Waals surface area contributed by atoms with E-state index in [1.54, 1.807) is 0 Å². The molecule has 0 spiro atoms. The van der Waals surface area contributed by atoms with Crippen molar-refractivity contribution in [1.82, 2.24) is 20.0 Å². The summed E-state index contributed by atoms with van der Waals surface area (Å²) in [6.07, 6.45) is 8.62. The molecule has 130 valence electrons. The van der Waals surface area contributed by atoms with Gasteiger partial charge in [-0.15, -0.1) is 6.42 Å². The molecule has 1 amide bonds. The minimum atomic E-state index is -0.0318. The van der Waals surface area contributed by atoms with E-state index >= 15 is 0 Å². The molecule has 2 atom stereocenters. The Morgan fingerprint density at radius 1 is 1.26 bits per heavy atom. The Bertz CT molecular complexity index is 412. The highest BCUT2D eigenvalue weighted by Crippen LogP contribution is 2.16. The third-order valence-corrected chi connectivity index (χ3v) is 5.00. The van der Waals surface area contributed by atoms with Crippen molar-refractivity contribution in [1.29, 1.82) is 0 Å². The number of piperidine rings is 1. The lowest BCUT2D eigenvalue weighted by molar-refractivity contribution is -0.127. The second kappa shape index (κ2) is 9.27. The van der Waals surface area contributed by atoms with Crippen LogP contribution in [0.2, 0.25) is 0 Å². The summed E-state index contributed by atoms with van der Waals surface area (Å²) >= 11 is 0. The van der Waals surface area contributed by atoms with Crippen LogP contribution < -0.4 is 5.32 Å². The van der Waals surface area contributed by atoms with Crippen LogP contribution in [0.4, 0.5) is 0 Å². The Morgan fingerprint density at radius 2 is 2.00 bits per heavy atom. The van der Waals surface area contributed by atoms with Crippen LogP contribution in [0, 0.1) is 18.3 Å². The van der Waals surface area contributed by atoms with Gasteiger partial charge in [0.15, 0.2) is 0 Å².